The van der Waals surface area contributed by atoms with E-state index in [2.05, 4.69) is 31.2 Å². The first-order valence-electron chi connectivity index (χ1n) is 6.56. The Morgan fingerprint density at radius 1 is 1.44 bits per heavy atom. The first-order chi connectivity index (χ1) is 8.42. The van der Waals surface area contributed by atoms with E-state index in [1.807, 2.05) is 13.8 Å². The van der Waals surface area contributed by atoms with Crippen molar-refractivity contribution in [3.05, 3.63) is 11.4 Å². The van der Waals surface area contributed by atoms with Gasteiger partial charge in [0.05, 0.1) is 11.4 Å². The normalized spacial score (nSPS) is 12.8. The molecule has 0 aromatic carbocycles. The van der Waals surface area contributed by atoms with Crippen LogP contribution in [-0.4, -0.2) is 21.7 Å². The van der Waals surface area contributed by atoms with Gasteiger partial charge < -0.3 is 11.1 Å². The molecule has 5 heteroatoms. The van der Waals surface area contributed by atoms with E-state index >= 15 is 0 Å². The molecule has 3 N–H and O–H groups in total. The van der Waals surface area contributed by atoms with E-state index in [9.17, 15) is 4.79 Å². The Balaban J connectivity index is 2.97. The van der Waals surface area contributed by atoms with Crippen molar-refractivity contribution in [1.82, 2.24) is 15.1 Å². The van der Waals surface area contributed by atoms with Crippen molar-refractivity contribution >= 4 is 11.6 Å². The molecular weight excluding hydrogens is 228 g/mol. The van der Waals surface area contributed by atoms with Gasteiger partial charge in [-0.3, -0.25) is 9.48 Å². The van der Waals surface area contributed by atoms with Crippen LogP contribution in [0.5, 0.6) is 0 Å². The minimum atomic E-state index is -0.129. The second kappa shape index (κ2) is 5.89. The summed E-state index contributed by atoms with van der Waals surface area (Å²) in [7, 11) is 0. The van der Waals surface area contributed by atoms with Crippen molar-refractivity contribution in [2.24, 2.45) is 5.92 Å². The number of aromatic nitrogens is 2. The molecule has 1 unspecified atom stereocenters. The molecule has 0 fully saturated rings. The predicted octanol–water partition coefficient (Wildman–Crippen LogP) is 1.96. The lowest BCUT2D eigenvalue weighted by atomic mass is 10.0. The monoisotopic (exact) mass is 252 g/mol. The molecule has 1 heterocycles. The summed E-state index contributed by atoms with van der Waals surface area (Å²) in [5.41, 5.74) is 7.60. The number of anilines is 1. The van der Waals surface area contributed by atoms with Crippen LogP contribution in [0.3, 0.4) is 0 Å². The van der Waals surface area contributed by atoms with Crippen molar-refractivity contribution in [1.29, 1.82) is 0 Å². The highest BCUT2D eigenvalue weighted by Crippen LogP contribution is 2.17. The van der Waals surface area contributed by atoms with Crippen LogP contribution >= 0.6 is 0 Å². The van der Waals surface area contributed by atoms with Gasteiger partial charge >= 0.3 is 0 Å². The molecule has 0 aliphatic rings. The fraction of sp³-hybridized carbons (Fsp3) is 0.692. The van der Waals surface area contributed by atoms with E-state index in [1.165, 1.54) is 0 Å². The molecule has 18 heavy (non-hydrogen) atoms. The lowest BCUT2D eigenvalue weighted by Crippen LogP contribution is -2.39. The lowest BCUT2D eigenvalue weighted by molar-refractivity contribution is 0.0914. The Morgan fingerprint density at radius 3 is 2.50 bits per heavy atom. The maximum absolute atomic E-state index is 12.3. The molecule has 1 aromatic rings. The molecule has 0 radical (unpaired) electrons. The molecule has 1 amide bonds. The van der Waals surface area contributed by atoms with Crippen molar-refractivity contribution < 1.29 is 4.79 Å². The van der Waals surface area contributed by atoms with Crippen LogP contribution in [0.1, 0.15) is 50.3 Å². The van der Waals surface area contributed by atoms with Gasteiger partial charge in [-0.1, -0.05) is 20.8 Å². The first kappa shape index (κ1) is 14.5. The van der Waals surface area contributed by atoms with E-state index in [1.54, 1.807) is 4.68 Å². The number of hydrogen-bond acceptors (Lipinski definition) is 3. The number of carbonyl (C=O) groups excluding carboxylic acids is 1. The maximum Gasteiger partial charge on any atom is 0.271 e. The molecule has 5 nitrogen and oxygen atoms in total. The third-order valence-corrected chi connectivity index (χ3v) is 3.25. The zero-order valence-corrected chi connectivity index (χ0v) is 11.9. The molecular formula is C13H24N4O. The highest BCUT2D eigenvalue weighted by atomic mass is 16.2. The minimum Gasteiger partial charge on any atom is -0.395 e. The summed E-state index contributed by atoms with van der Waals surface area (Å²) in [6.45, 7) is 10.7. The van der Waals surface area contributed by atoms with Gasteiger partial charge in [-0.25, -0.2) is 0 Å². The summed E-state index contributed by atoms with van der Waals surface area (Å²) in [4.78, 5) is 12.3. The van der Waals surface area contributed by atoms with E-state index in [0.29, 0.717) is 29.5 Å². The van der Waals surface area contributed by atoms with Crippen LogP contribution in [0.2, 0.25) is 0 Å². The van der Waals surface area contributed by atoms with Crippen molar-refractivity contribution in [2.45, 2.75) is 53.6 Å². The Hall–Kier alpha value is -1.52. The average Bonchev–Trinajstić information content (AvgIpc) is 2.61. The fourth-order valence-electron chi connectivity index (χ4n) is 2.04. The van der Waals surface area contributed by atoms with Gasteiger partial charge in [-0.15, -0.1) is 0 Å². The summed E-state index contributed by atoms with van der Waals surface area (Å²) in [5, 5.41) is 7.29. The topological polar surface area (TPSA) is 72.9 Å². The van der Waals surface area contributed by atoms with E-state index in [4.69, 9.17) is 5.73 Å². The summed E-state index contributed by atoms with van der Waals surface area (Å²) in [6.07, 6.45) is 0.905. The molecule has 0 aliphatic carbocycles. The Labute approximate surface area is 109 Å². The largest absolute Gasteiger partial charge is 0.395 e. The quantitative estimate of drug-likeness (QED) is 0.841. The molecule has 102 valence electrons. The SMILES string of the molecule is CCC(NC(=O)c1c(N)c(C)nn1CC)C(C)C. The minimum absolute atomic E-state index is 0.129. The second-order valence-electron chi connectivity index (χ2n) is 4.90. The number of rotatable bonds is 5. The van der Waals surface area contributed by atoms with Crippen LogP contribution in [0.4, 0.5) is 5.69 Å². The summed E-state index contributed by atoms with van der Waals surface area (Å²) < 4.78 is 1.66. The maximum atomic E-state index is 12.3. The van der Waals surface area contributed by atoms with Crippen LogP contribution in [0, 0.1) is 12.8 Å². The van der Waals surface area contributed by atoms with Gasteiger partial charge in [0.1, 0.15) is 5.69 Å². The summed E-state index contributed by atoms with van der Waals surface area (Å²) >= 11 is 0. The smallest absolute Gasteiger partial charge is 0.271 e. The number of nitrogens with two attached hydrogens (primary N) is 1. The zero-order chi connectivity index (χ0) is 13.9. The number of nitrogens with one attached hydrogen (secondary N) is 1. The molecule has 1 rings (SSSR count). The van der Waals surface area contributed by atoms with Crippen LogP contribution in [0.25, 0.3) is 0 Å². The summed E-state index contributed by atoms with van der Waals surface area (Å²) in [5.74, 6) is 0.273. The number of aryl methyl sites for hydroxylation is 2. The molecule has 0 aliphatic heterocycles. The van der Waals surface area contributed by atoms with Crippen LogP contribution in [-0.2, 0) is 6.54 Å². The molecule has 0 bridgehead atoms. The third kappa shape index (κ3) is 2.83. The standard InChI is InChI=1S/C13H24N4O/c1-6-10(8(3)4)15-13(18)12-11(14)9(5)16-17(12)7-2/h8,10H,6-7,14H2,1-5H3,(H,15,18). The molecule has 0 saturated carbocycles. The van der Waals surface area contributed by atoms with Gasteiger partial charge in [0, 0.05) is 12.6 Å². The van der Waals surface area contributed by atoms with Crippen molar-refractivity contribution in [3.8, 4) is 0 Å². The Kier molecular flexibility index (Phi) is 4.76. The molecule has 0 saturated heterocycles. The average molecular weight is 252 g/mol. The van der Waals surface area contributed by atoms with Crippen LogP contribution < -0.4 is 11.1 Å². The van der Waals surface area contributed by atoms with Crippen molar-refractivity contribution in [3.63, 3.8) is 0 Å². The van der Waals surface area contributed by atoms with Crippen LogP contribution in [0.15, 0.2) is 0 Å². The van der Waals surface area contributed by atoms with E-state index in [-0.39, 0.29) is 11.9 Å². The number of amides is 1. The lowest BCUT2D eigenvalue weighted by Gasteiger charge is -2.21. The van der Waals surface area contributed by atoms with E-state index < -0.39 is 0 Å². The van der Waals surface area contributed by atoms with Crippen molar-refractivity contribution in [2.75, 3.05) is 5.73 Å². The first-order valence-corrected chi connectivity index (χ1v) is 6.56. The fourth-order valence-corrected chi connectivity index (χ4v) is 2.04. The molecule has 0 spiro atoms. The highest BCUT2D eigenvalue weighted by Gasteiger charge is 2.22. The Morgan fingerprint density at radius 2 is 2.06 bits per heavy atom. The van der Waals surface area contributed by atoms with Gasteiger partial charge in [0.2, 0.25) is 0 Å². The highest BCUT2D eigenvalue weighted by molar-refractivity contribution is 5.98. The Bertz CT molecular complexity index is 423. The van der Waals surface area contributed by atoms with Gasteiger partial charge in [-0.05, 0) is 26.2 Å². The number of hydrogen-bond donors (Lipinski definition) is 2. The molecule has 1 aromatic heterocycles. The number of carbonyl (C=O) groups is 1. The van der Waals surface area contributed by atoms with Gasteiger partial charge in [0.25, 0.3) is 5.91 Å². The second-order valence-corrected chi connectivity index (χ2v) is 4.90. The summed E-state index contributed by atoms with van der Waals surface area (Å²) in [6, 6.07) is 0.164. The third-order valence-electron chi connectivity index (χ3n) is 3.25. The van der Waals surface area contributed by atoms with Gasteiger partial charge in [0.15, 0.2) is 0 Å². The van der Waals surface area contributed by atoms with Gasteiger partial charge in [-0.2, -0.15) is 5.10 Å². The predicted molar refractivity (Wildman–Crippen MR) is 73.4 cm³/mol. The number of nitrogens with zero attached hydrogens (tertiary/aromatic N) is 2. The zero-order valence-electron chi connectivity index (χ0n) is 11.9. The van der Waals surface area contributed by atoms with E-state index in [0.717, 1.165) is 6.42 Å². The number of nitrogen functional groups attached to an aromatic ring is 1. The molecule has 1 atom stereocenters.